The maximum atomic E-state index is 11.5. The van der Waals surface area contributed by atoms with Crippen LogP contribution in [0.2, 0.25) is 0 Å². The van der Waals surface area contributed by atoms with Gasteiger partial charge in [0.25, 0.3) is 0 Å². The molecule has 5 nitrogen and oxygen atoms in total. The molecule has 0 aliphatic carbocycles. The van der Waals surface area contributed by atoms with Crippen LogP contribution in [-0.2, 0) is 19.1 Å². The zero-order valence-electron chi connectivity index (χ0n) is 11.9. The van der Waals surface area contributed by atoms with Crippen LogP contribution in [0.15, 0.2) is 12.2 Å². The standard InChI is InChI=1S/C13H23NO4/c1-12(2,3)17-10(15)8-7-9(14)11(16)18-13(4,5)6/h7-9H,14H2,1-6H3. The topological polar surface area (TPSA) is 78.6 Å². The summed E-state index contributed by atoms with van der Waals surface area (Å²) in [6, 6.07) is -0.975. The molecular weight excluding hydrogens is 234 g/mol. The fraction of sp³-hybridized carbons (Fsp3) is 0.692. The Morgan fingerprint density at radius 3 is 1.83 bits per heavy atom. The van der Waals surface area contributed by atoms with Crippen LogP contribution >= 0.6 is 0 Å². The number of esters is 2. The maximum Gasteiger partial charge on any atom is 0.331 e. The smallest absolute Gasteiger partial charge is 0.331 e. The summed E-state index contributed by atoms with van der Waals surface area (Å²) in [6.07, 6.45) is 2.40. The van der Waals surface area contributed by atoms with Crippen LogP contribution in [-0.4, -0.2) is 29.2 Å². The van der Waals surface area contributed by atoms with Crippen molar-refractivity contribution in [2.45, 2.75) is 58.8 Å². The van der Waals surface area contributed by atoms with Crippen LogP contribution in [0.5, 0.6) is 0 Å². The summed E-state index contributed by atoms with van der Waals surface area (Å²) in [5.41, 5.74) is 4.39. The molecule has 0 aliphatic rings. The first-order valence-electron chi connectivity index (χ1n) is 5.80. The van der Waals surface area contributed by atoms with E-state index in [9.17, 15) is 9.59 Å². The van der Waals surface area contributed by atoms with Crippen molar-refractivity contribution in [2.24, 2.45) is 5.73 Å². The van der Waals surface area contributed by atoms with E-state index in [2.05, 4.69) is 0 Å². The molecule has 0 aromatic carbocycles. The molecule has 0 radical (unpaired) electrons. The molecule has 0 heterocycles. The van der Waals surface area contributed by atoms with Crippen molar-refractivity contribution in [1.29, 1.82) is 0 Å². The van der Waals surface area contributed by atoms with Gasteiger partial charge in [-0.2, -0.15) is 0 Å². The first kappa shape index (κ1) is 16.6. The van der Waals surface area contributed by atoms with Gasteiger partial charge in [0.2, 0.25) is 0 Å². The summed E-state index contributed by atoms with van der Waals surface area (Å²) >= 11 is 0. The summed E-state index contributed by atoms with van der Waals surface area (Å²) in [5.74, 6) is -1.12. The molecule has 0 rings (SSSR count). The van der Waals surface area contributed by atoms with Gasteiger partial charge < -0.3 is 15.2 Å². The lowest BCUT2D eigenvalue weighted by Crippen LogP contribution is -2.36. The van der Waals surface area contributed by atoms with Gasteiger partial charge in [-0.3, -0.25) is 0 Å². The predicted molar refractivity (Wildman–Crippen MR) is 68.8 cm³/mol. The highest BCUT2D eigenvalue weighted by Gasteiger charge is 2.21. The van der Waals surface area contributed by atoms with E-state index < -0.39 is 29.2 Å². The highest BCUT2D eigenvalue weighted by Crippen LogP contribution is 2.09. The molecule has 0 amide bonds. The highest BCUT2D eigenvalue weighted by molar-refractivity contribution is 5.85. The van der Waals surface area contributed by atoms with Crippen molar-refractivity contribution in [2.75, 3.05) is 0 Å². The van der Waals surface area contributed by atoms with Crippen molar-refractivity contribution in [3.8, 4) is 0 Å². The van der Waals surface area contributed by atoms with Crippen LogP contribution in [0.25, 0.3) is 0 Å². The normalized spacial score (nSPS) is 14.4. The first-order valence-corrected chi connectivity index (χ1v) is 5.80. The molecule has 104 valence electrons. The van der Waals surface area contributed by atoms with Crippen LogP contribution in [0.3, 0.4) is 0 Å². The van der Waals surface area contributed by atoms with Crippen LogP contribution in [0.4, 0.5) is 0 Å². The molecule has 1 unspecified atom stereocenters. The Bertz CT molecular complexity index is 334. The molecule has 0 saturated heterocycles. The van der Waals surface area contributed by atoms with E-state index >= 15 is 0 Å². The minimum atomic E-state index is -0.975. The van der Waals surface area contributed by atoms with E-state index in [1.807, 2.05) is 0 Å². The molecule has 0 bridgehead atoms. The quantitative estimate of drug-likeness (QED) is 0.613. The molecule has 0 aromatic heterocycles. The van der Waals surface area contributed by atoms with E-state index in [0.717, 1.165) is 6.08 Å². The second-order valence-electron chi connectivity index (χ2n) is 5.95. The van der Waals surface area contributed by atoms with Gasteiger partial charge in [0.1, 0.15) is 17.2 Å². The lowest BCUT2D eigenvalue weighted by atomic mass is 10.2. The number of carbonyl (C=O) groups excluding carboxylic acids is 2. The Morgan fingerprint density at radius 1 is 1.00 bits per heavy atom. The Labute approximate surface area is 108 Å². The molecule has 0 saturated carbocycles. The van der Waals surface area contributed by atoms with E-state index in [0.29, 0.717) is 0 Å². The zero-order chi connectivity index (χ0) is 14.6. The zero-order valence-corrected chi connectivity index (χ0v) is 11.9. The Morgan fingerprint density at radius 2 is 1.44 bits per heavy atom. The molecule has 5 heteroatoms. The molecule has 1 atom stereocenters. The third-order valence-electron chi connectivity index (χ3n) is 1.53. The third kappa shape index (κ3) is 8.75. The van der Waals surface area contributed by atoms with Crippen molar-refractivity contribution >= 4 is 11.9 Å². The summed E-state index contributed by atoms with van der Waals surface area (Å²) in [7, 11) is 0. The lowest BCUT2D eigenvalue weighted by Gasteiger charge is -2.21. The fourth-order valence-electron chi connectivity index (χ4n) is 0.966. The highest BCUT2D eigenvalue weighted by atomic mass is 16.6. The van der Waals surface area contributed by atoms with Crippen molar-refractivity contribution in [3.63, 3.8) is 0 Å². The second kappa shape index (κ2) is 6.00. The summed E-state index contributed by atoms with van der Waals surface area (Å²) in [6.45, 7) is 10.5. The monoisotopic (exact) mass is 257 g/mol. The molecule has 0 aliphatic heterocycles. The summed E-state index contributed by atoms with van der Waals surface area (Å²) < 4.78 is 10.1. The average molecular weight is 257 g/mol. The molecular formula is C13H23NO4. The molecule has 0 fully saturated rings. The van der Waals surface area contributed by atoms with E-state index in [-0.39, 0.29) is 0 Å². The Hall–Kier alpha value is -1.36. The summed E-state index contributed by atoms with van der Waals surface area (Å²) in [5, 5.41) is 0. The molecule has 0 spiro atoms. The van der Waals surface area contributed by atoms with Crippen LogP contribution in [0, 0.1) is 0 Å². The number of rotatable bonds is 3. The van der Waals surface area contributed by atoms with Gasteiger partial charge in [0, 0.05) is 6.08 Å². The van der Waals surface area contributed by atoms with Gasteiger partial charge >= 0.3 is 11.9 Å². The number of hydrogen-bond donors (Lipinski definition) is 1. The second-order valence-corrected chi connectivity index (χ2v) is 5.95. The van der Waals surface area contributed by atoms with Gasteiger partial charge in [0.15, 0.2) is 0 Å². The van der Waals surface area contributed by atoms with Crippen molar-refractivity contribution < 1.29 is 19.1 Å². The minimum absolute atomic E-state index is 0.540. The third-order valence-corrected chi connectivity index (χ3v) is 1.53. The van der Waals surface area contributed by atoms with Crippen LogP contribution < -0.4 is 5.73 Å². The molecule has 18 heavy (non-hydrogen) atoms. The summed E-state index contributed by atoms with van der Waals surface area (Å²) in [4.78, 5) is 22.9. The van der Waals surface area contributed by atoms with E-state index in [1.165, 1.54) is 6.08 Å². The Balaban J connectivity index is 4.35. The van der Waals surface area contributed by atoms with Crippen molar-refractivity contribution in [3.05, 3.63) is 12.2 Å². The lowest BCUT2D eigenvalue weighted by molar-refractivity contribution is -0.155. The molecule has 2 N–H and O–H groups in total. The van der Waals surface area contributed by atoms with Gasteiger partial charge in [-0.1, -0.05) is 0 Å². The van der Waals surface area contributed by atoms with E-state index in [1.54, 1.807) is 41.5 Å². The SMILES string of the molecule is CC(C)(C)OC(=O)C=CC(N)C(=O)OC(C)(C)C. The van der Waals surface area contributed by atoms with Gasteiger partial charge in [-0.05, 0) is 47.6 Å². The number of nitrogens with two attached hydrogens (primary N) is 1. The van der Waals surface area contributed by atoms with Gasteiger partial charge in [-0.15, -0.1) is 0 Å². The van der Waals surface area contributed by atoms with Crippen LogP contribution in [0.1, 0.15) is 41.5 Å². The number of ether oxygens (including phenoxy) is 2. The molecule has 0 aromatic rings. The minimum Gasteiger partial charge on any atom is -0.459 e. The van der Waals surface area contributed by atoms with Gasteiger partial charge in [0.05, 0.1) is 0 Å². The largest absolute Gasteiger partial charge is 0.459 e. The van der Waals surface area contributed by atoms with Gasteiger partial charge in [-0.25, -0.2) is 9.59 Å². The van der Waals surface area contributed by atoms with E-state index in [4.69, 9.17) is 15.2 Å². The number of carbonyl (C=O) groups is 2. The predicted octanol–water partition coefficient (Wildman–Crippen LogP) is 1.55. The first-order chi connectivity index (χ1) is 7.91. The maximum absolute atomic E-state index is 11.5. The van der Waals surface area contributed by atoms with Crippen molar-refractivity contribution in [1.82, 2.24) is 0 Å². The Kier molecular flexibility index (Phi) is 5.55. The number of hydrogen-bond acceptors (Lipinski definition) is 5. The average Bonchev–Trinajstić information content (AvgIpc) is 2.08. The fourth-order valence-corrected chi connectivity index (χ4v) is 0.966.